The van der Waals surface area contributed by atoms with Gasteiger partial charge in [-0.15, -0.1) is 0 Å². The molecule has 5 heteroatoms. The molecule has 1 atom stereocenters. The first-order valence-corrected chi connectivity index (χ1v) is 7.12. The zero-order valence-electron chi connectivity index (χ0n) is 10.7. The van der Waals surface area contributed by atoms with Gasteiger partial charge in [-0.2, -0.15) is 5.10 Å². The predicted molar refractivity (Wildman–Crippen MR) is 73.4 cm³/mol. The van der Waals surface area contributed by atoms with Crippen LogP contribution < -0.4 is 5.32 Å². The largest absolute Gasteiger partial charge is 0.362 e. The van der Waals surface area contributed by atoms with E-state index in [1.807, 2.05) is 23.5 Å². The van der Waals surface area contributed by atoms with Crippen LogP contribution in [0.25, 0.3) is 0 Å². The van der Waals surface area contributed by atoms with Crippen LogP contribution in [0.5, 0.6) is 0 Å². The minimum atomic E-state index is 0.551. The van der Waals surface area contributed by atoms with Gasteiger partial charge in [0.05, 0.1) is 12.2 Å². The minimum Gasteiger partial charge on any atom is -0.362 e. The van der Waals surface area contributed by atoms with E-state index in [1.165, 1.54) is 17.7 Å². The lowest BCUT2D eigenvalue weighted by molar-refractivity contribution is 0.642. The maximum atomic E-state index is 4.64. The lowest BCUT2D eigenvalue weighted by atomic mass is 10.2. The molecule has 1 N–H and O–H groups in total. The number of nitrogens with one attached hydrogen (secondary N) is 1. The van der Waals surface area contributed by atoms with Crippen LogP contribution in [0.15, 0.2) is 11.2 Å². The summed E-state index contributed by atoms with van der Waals surface area (Å²) in [5.41, 5.74) is 2.40. The van der Waals surface area contributed by atoms with Crippen molar-refractivity contribution in [3.05, 3.63) is 17.5 Å². The van der Waals surface area contributed by atoms with Gasteiger partial charge in [-0.25, -0.2) is 0 Å². The van der Waals surface area contributed by atoms with Gasteiger partial charge >= 0.3 is 0 Å². The summed E-state index contributed by atoms with van der Waals surface area (Å²) in [6.07, 6.45) is 4.26. The second kappa shape index (κ2) is 5.58. The summed E-state index contributed by atoms with van der Waals surface area (Å²) < 4.78 is 1.87. The molecule has 4 nitrogen and oxygen atoms in total. The van der Waals surface area contributed by atoms with E-state index < -0.39 is 0 Å². The molecule has 1 aliphatic rings. The summed E-state index contributed by atoms with van der Waals surface area (Å²) in [4.78, 5) is 4.64. The van der Waals surface area contributed by atoms with Crippen molar-refractivity contribution >= 4 is 16.9 Å². The third-order valence-corrected chi connectivity index (χ3v) is 3.84. The number of hydrogen-bond donors (Lipinski definition) is 1. The Balaban J connectivity index is 2.02. The third-order valence-electron chi connectivity index (χ3n) is 2.88. The van der Waals surface area contributed by atoms with E-state index >= 15 is 0 Å². The molecule has 1 aliphatic heterocycles. The van der Waals surface area contributed by atoms with Crippen LogP contribution in [-0.2, 0) is 20.0 Å². The molecule has 0 saturated carbocycles. The number of nitrogens with zero attached hydrogens (tertiary/aromatic N) is 3. The second-order valence-corrected chi connectivity index (χ2v) is 5.52. The van der Waals surface area contributed by atoms with Crippen molar-refractivity contribution in [3.8, 4) is 0 Å². The van der Waals surface area contributed by atoms with Crippen LogP contribution in [0.1, 0.15) is 31.5 Å². The molecule has 1 aromatic rings. The zero-order valence-corrected chi connectivity index (χ0v) is 11.5. The van der Waals surface area contributed by atoms with Gasteiger partial charge in [-0.3, -0.25) is 9.67 Å². The summed E-state index contributed by atoms with van der Waals surface area (Å²) in [5, 5.41) is 8.92. The van der Waals surface area contributed by atoms with Crippen LogP contribution in [-0.4, -0.2) is 26.7 Å². The fourth-order valence-electron chi connectivity index (χ4n) is 1.92. The van der Waals surface area contributed by atoms with Crippen LogP contribution in [0.3, 0.4) is 0 Å². The average Bonchev–Trinajstić information content (AvgIpc) is 2.67. The Morgan fingerprint density at radius 3 is 3.18 bits per heavy atom. The number of aromatic nitrogens is 2. The number of aryl methyl sites for hydroxylation is 2. The standard InChI is InChI=1S/C12H20N4S/c1-4-11-10(8-16(3)15-11)7-13-12-14-9(2)5-6-17-12/h8-9H,4-7H2,1-3H3,(H,13,14). The summed E-state index contributed by atoms with van der Waals surface area (Å²) >= 11 is 1.82. The Bertz CT molecular complexity index is 411. The Morgan fingerprint density at radius 2 is 2.47 bits per heavy atom. The lowest BCUT2D eigenvalue weighted by Crippen LogP contribution is -2.35. The number of thioether (sulfide) groups is 1. The number of aliphatic imine (C=N–C) groups is 1. The summed E-state index contributed by atoms with van der Waals surface area (Å²) in [6, 6.07) is 0.551. The van der Waals surface area contributed by atoms with Gasteiger partial charge in [-0.05, 0) is 19.8 Å². The van der Waals surface area contributed by atoms with Gasteiger partial charge < -0.3 is 5.32 Å². The molecule has 94 valence electrons. The average molecular weight is 252 g/mol. The first-order chi connectivity index (χ1) is 8.19. The molecule has 2 rings (SSSR count). The number of rotatable bonds is 3. The van der Waals surface area contributed by atoms with Gasteiger partial charge in [0.15, 0.2) is 5.17 Å². The molecule has 0 amide bonds. The highest BCUT2D eigenvalue weighted by Crippen LogP contribution is 2.15. The fraction of sp³-hybridized carbons (Fsp3) is 0.667. The monoisotopic (exact) mass is 252 g/mol. The van der Waals surface area contributed by atoms with Crippen molar-refractivity contribution in [2.24, 2.45) is 12.0 Å². The van der Waals surface area contributed by atoms with Crippen molar-refractivity contribution in [2.75, 3.05) is 5.75 Å². The number of amidine groups is 1. The highest BCUT2D eigenvalue weighted by atomic mass is 32.2. The minimum absolute atomic E-state index is 0.551. The molecule has 1 saturated heterocycles. The van der Waals surface area contributed by atoms with Crippen molar-refractivity contribution in [2.45, 2.75) is 39.3 Å². The van der Waals surface area contributed by atoms with Crippen molar-refractivity contribution in [1.82, 2.24) is 15.1 Å². The van der Waals surface area contributed by atoms with Crippen LogP contribution >= 0.6 is 11.8 Å². The topological polar surface area (TPSA) is 42.2 Å². The van der Waals surface area contributed by atoms with Gasteiger partial charge in [0.1, 0.15) is 0 Å². The highest BCUT2D eigenvalue weighted by Gasteiger charge is 2.13. The van der Waals surface area contributed by atoms with E-state index in [4.69, 9.17) is 0 Å². The maximum Gasteiger partial charge on any atom is 0.157 e. The normalized spacial score (nSPS) is 22.8. The first-order valence-electron chi connectivity index (χ1n) is 6.14. The molecule has 2 heterocycles. The SMILES string of the molecule is CCc1nn(C)cc1CN=C1NC(C)CCS1. The molecule has 0 spiro atoms. The quantitative estimate of drug-likeness (QED) is 0.894. The van der Waals surface area contributed by atoms with Crippen LogP contribution in [0, 0.1) is 0 Å². The molecule has 1 fully saturated rings. The first kappa shape index (κ1) is 12.5. The smallest absolute Gasteiger partial charge is 0.157 e. The van der Waals surface area contributed by atoms with Gasteiger partial charge in [0, 0.05) is 30.6 Å². The number of hydrogen-bond acceptors (Lipinski definition) is 3. The molecule has 1 unspecified atom stereocenters. The second-order valence-electron chi connectivity index (χ2n) is 4.43. The van der Waals surface area contributed by atoms with Gasteiger partial charge in [-0.1, -0.05) is 18.7 Å². The van der Waals surface area contributed by atoms with Crippen LogP contribution in [0.4, 0.5) is 0 Å². The Hall–Kier alpha value is -0.970. The molecule has 0 aromatic carbocycles. The Labute approximate surface area is 107 Å². The molecule has 17 heavy (non-hydrogen) atoms. The molecule has 0 bridgehead atoms. The molecular formula is C12H20N4S. The maximum absolute atomic E-state index is 4.64. The van der Waals surface area contributed by atoms with Gasteiger partial charge in [0.2, 0.25) is 0 Å². The third kappa shape index (κ3) is 3.25. The zero-order chi connectivity index (χ0) is 12.3. The molecule has 0 radical (unpaired) electrons. The Kier molecular flexibility index (Phi) is 4.10. The van der Waals surface area contributed by atoms with E-state index in [1.54, 1.807) is 0 Å². The summed E-state index contributed by atoms with van der Waals surface area (Å²) in [5.74, 6) is 1.17. The summed E-state index contributed by atoms with van der Waals surface area (Å²) in [7, 11) is 1.96. The van der Waals surface area contributed by atoms with E-state index in [2.05, 4.69) is 35.5 Å². The van der Waals surface area contributed by atoms with Crippen molar-refractivity contribution in [3.63, 3.8) is 0 Å². The Morgan fingerprint density at radius 1 is 1.65 bits per heavy atom. The molecule has 0 aliphatic carbocycles. The van der Waals surface area contributed by atoms with E-state index in [-0.39, 0.29) is 0 Å². The predicted octanol–water partition coefficient (Wildman–Crippen LogP) is 1.95. The molecular weight excluding hydrogens is 232 g/mol. The van der Waals surface area contributed by atoms with Crippen molar-refractivity contribution < 1.29 is 0 Å². The molecule has 1 aromatic heterocycles. The van der Waals surface area contributed by atoms with Crippen molar-refractivity contribution in [1.29, 1.82) is 0 Å². The van der Waals surface area contributed by atoms with E-state index in [0.717, 1.165) is 23.8 Å². The van der Waals surface area contributed by atoms with Crippen LogP contribution in [0.2, 0.25) is 0 Å². The lowest BCUT2D eigenvalue weighted by Gasteiger charge is -2.21. The summed E-state index contributed by atoms with van der Waals surface area (Å²) in [6.45, 7) is 5.07. The van der Waals surface area contributed by atoms with E-state index in [9.17, 15) is 0 Å². The fourth-order valence-corrected chi connectivity index (χ4v) is 3.02. The van der Waals surface area contributed by atoms with Gasteiger partial charge in [0.25, 0.3) is 0 Å². The van der Waals surface area contributed by atoms with E-state index in [0.29, 0.717) is 6.04 Å². The highest BCUT2D eigenvalue weighted by molar-refractivity contribution is 8.13.